The maximum atomic E-state index is 13.0. The first-order valence-corrected chi connectivity index (χ1v) is 4.71. The molecule has 1 rings (SSSR count). The molecule has 0 radical (unpaired) electrons. The topological polar surface area (TPSA) is 63.3 Å². The summed E-state index contributed by atoms with van der Waals surface area (Å²) in [5.41, 5.74) is 6.30. The van der Waals surface area contributed by atoms with Crippen molar-refractivity contribution in [1.82, 2.24) is 0 Å². The molecule has 0 amide bonds. The number of hydrogen-bond donors (Lipinski definition) is 2. The normalized spacial score (nSPS) is 12.8. The molecule has 1 unspecified atom stereocenters. The van der Waals surface area contributed by atoms with E-state index in [1.807, 2.05) is 0 Å². The van der Waals surface area contributed by atoms with E-state index in [-0.39, 0.29) is 5.92 Å². The van der Waals surface area contributed by atoms with Crippen LogP contribution in [0.25, 0.3) is 0 Å². The SMILES string of the molecule is CC(C)C(C(=O)O)c1cc(F)ccc1N. The molecule has 0 fully saturated rings. The van der Waals surface area contributed by atoms with Gasteiger partial charge in [-0.3, -0.25) is 4.79 Å². The standard InChI is InChI=1S/C11H14FNO2/c1-6(2)10(11(14)15)8-5-7(12)3-4-9(8)13/h3-6,10H,13H2,1-2H3,(H,14,15). The Bertz CT molecular complexity index is 377. The van der Waals surface area contributed by atoms with Gasteiger partial charge in [0.05, 0.1) is 5.92 Å². The zero-order chi connectivity index (χ0) is 11.6. The summed E-state index contributed by atoms with van der Waals surface area (Å²) in [7, 11) is 0. The molecular weight excluding hydrogens is 197 g/mol. The Morgan fingerprint density at radius 3 is 2.53 bits per heavy atom. The van der Waals surface area contributed by atoms with Gasteiger partial charge >= 0.3 is 5.97 Å². The molecule has 0 heterocycles. The Balaban J connectivity index is 3.22. The van der Waals surface area contributed by atoms with Gasteiger partial charge in [-0.05, 0) is 29.7 Å². The first kappa shape index (κ1) is 11.5. The molecule has 0 saturated carbocycles. The molecule has 15 heavy (non-hydrogen) atoms. The molecule has 0 aromatic heterocycles. The Kier molecular flexibility index (Phi) is 3.29. The number of carboxylic acid groups (broad SMARTS) is 1. The van der Waals surface area contributed by atoms with Crippen molar-refractivity contribution >= 4 is 11.7 Å². The maximum Gasteiger partial charge on any atom is 0.311 e. The molecule has 1 aromatic rings. The molecule has 0 bridgehead atoms. The van der Waals surface area contributed by atoms with Crippen LogP contribution < -0.4 is 5.73 Å². The predicted molar refractivity (Wildman–Crippen MR) is 56.0 cm³/mol. The highest BCUT2D eigenvalue weighted by molar-refractivity contribution is 5.78. The molecule has 0 aliphatic rings. The summed E-state index contributed by atoms with van der Waals surface area (Å²) >= 11 is 0. The quantitative estimate of drug-likeness (QED) is 0.753. The second-order valence-corrected chi connectivity index (χ2v) is 3.83. The van der Waals surface area contributed by atoms with Crippen LogP contribution in [0.4, 0.5) is 10.1 Å². The molecule has 4 heteroatoms. The second-order valence-electron chi connectivity index (χ2n) is 3.83. The van der Waals surface area contributed by atoms with Crippen LogP contribution in [0.15, 0.2) is 18.2 Å². The van der Waals surface area contributed by atoms with Crippen LogP contribution in [0.5, 0.6) is 0 Å². The summed E-state index contributed by atoms with van der Waals surface area (Å²) in [6, 6.07) is 3.80. The third-order valence-corrected chi connectivity index (χ3v) is 2.32. The van der Waals surface area contributed by atoms with Crippen LogP contribution in [0.1, 0.15) is 25.3 Å². The zero-order valence-electron chi connectivity index (χ0n) is 8.70. The molecule has 82 valence electrons. The lowest BCUT2D eigenvalue weighted by molar-refractivity contribution is -0.139. The van der Waals surface area contributed by atoms with Gasteiger partial charge in [0.2, 0.25) is 0 Å². The number of halogens is 1. The van der Waals surface area contributed by atoms with E-state index in [1.54, 1.807) is 13.8 Å². The van der Waals surface area contributed by atoms with Crippen LogP contribution in [-0.2, 0) is 4.79 Å². The molecule has 3 N–H and O–H groups in total. The van der Waals surface area contributed by atoms with E-state index in [0.29, 0.717) is 11.3 Å². The molecule has 0 aliphatic heterocycles. The smallest absolute Gasteiger partial charge is 0.311 e. The fourth-order valence-corrected chi connectivity index (χ4v) is 1.59. The monoisotopic (exact) mass is 211 g/mol. The largest absolute Gasteiger partial charge is 0.481 e. The third-order valence-electron chi connectivity index (χ3n) is 2.32. The summed E-state index contributed by atoms with van der Waals surface area (Å²) in [6.45, 7) is 3.53. The van der Waals surface area contributed by atoms with Crippen molar-refractivity contribution in [2.45, 2.75) is 19.8 Å². The lowest BCUT2D eigenvalue weighted by Gasteiger charge is -2.18. The summed E-state index contributed by atoms with van der Waals surface area (Å²) in [5.74, 6) is -2.35. The maximum absolute atomic E-state index is 13.0. The highest BCUT2D eigenvalue weighted by Gasteiger charge is 2.25. The summed E-state index contributed by atoms with van der Waals surface area (Å²) in [5, 5.41) is 9.03. The van der Waals surface area contributed by atoms with E-state index < -0.39 is 17.7 Å². The van der Waals surface area contributed by atoms with Crippen molar-refractivity contribution in [2.75, 3.05) is 5.73 Å². The average molecular weight is 211 g/mol. The summed E-state index contributed by atoms with van der Waals surface area (Å²) in [6.07, 6.45) is 0. The Labute approximate surface area is 87.7 Å². The highest BCUT2D eigenvalue weighted by atomic mass is 19.1. The number of nitrogens with two attached hydrogens (primary N) is 1. The van der Waals surface area contributed by atoms with Crippen LogP contribution in [0.2, 0.25) is 0 Å². The van der Waals surface area contributed by atoms with Crippen molar-refractivity contribution in [2.24, 2.45) is 5.92 Å². The van der Waals surface area contributed by atoms with Gasteiger partial charge < -0.3 is 10.8 Å². The van der Waals surface area contributed by atoms with E-state index in [2.05, 4.69) is 0 Å². The molecule has 1 atom stereocenters. The molecule has 3 nitrogen and oxygen atoms in total. The number of carboxylic acids is 1. The molecular formula is C11H14FNO2. The van der Waals surface area contributed by atoms with Crippen LogP contribution >= 0.6 is 0 Å². The van der Waals surface area contributed by atoms with E-state index in [1.165, 1.54) is 18.2 Å². The number of aliphatic carboxylic acids is 1. The van der Waals surface area contributed by atoms with E-state index in [4.69, 9.17) is 10.8 Å². The molecule has 0 aliphatic carbocycles. The second kappa shape index (κ2) is 4.29. The van der Waals surface area contributed by atoms with Crippen molar-refractivity contribution in [3.8, 4) is 0 Å². The van der Waals surface area contributed by atoms with Gasteiger partial charge in [0.25, 0.3) is 0 Å². The summed E-state index contributed by atoms with van der Waals surface area (Å²) < 4.78 is 13.0. The molecule has 0 spiro atoms. The van der Waals surface area contributed by atoms with Crippen LogP contribution in [0.3, 0.4) is 0 Å². The van der Waals surface area contributed by atoms with Gasteiger partial charge in [-0.25, -0.2) is 4.39 Å². The fourth-order valence-electron chi connectivity index (χ4n) is 1.59. The van der Waals surface area contributed by atoms with E-state index >= 15 is 0 Å². The predicted octanol–water partition coefficient (Wildman–Crippen LogP) is 2.23. The van der Waals surface area contributed by atoms with Gasteiger partial charge in [0.1, 0.15) is 5.82 Å². The van der Waals surface area contributed by atoms with E-state index in [9.17, 15) is 9.18 Å². The lowest BCUT2D eigenvalue weighted by Crippen LogP contribution is -2.19. The average Bonchev–Trinajstić information content (AvgIpc) is 2.10. The van der Waals surface area contributed by atoms with Gasteiger partial charge in [0.15, 0.2) is 0 Å². The van der Waals surface area contributed by atoms with E-state index in [0.717, 1.165) is 0 Å². The van der Waals surface area contributed by atoms with Crippen LogP contribution in [0, 0.1) is 11.7 Å². The number of carbonyl (C=O) groups is 1. The Hall–Kier alpha value is -1.58. The minimum atomic E-state index is -0.984. The highest BCUT2D eigenvalue weighted by Crippen LogP contribution is 2.29. The van der Waals surface area contributed by atoms with Gasteiger partial charge in [0, 0.05) is 5.69 Å². The number of nitrogen functional groups attached to an aromatic ring is 1. The fraction of sp³-hybridized carbons (Fsp3) is 0.364. The Morgan fingerprint density at radius 1 is 1.47 bits per heavy atom. The lowest BCUT2D eigenvalue weighted by atomic mass is 9.87. The first-order valence-electron chi connectivity index (χ1n) is 4.71. The van der Waals surface area contributed by atoms with Crippen LogP contribution in [-0.4, -0.2) is 11.1 Å². The van der Waals surface area contributed by atoms with Gasteiger partial charge in [-0.2, -0.15) is 0 Å². The van der Waals surface area contributed by atoms with Crippen molar-refractivity contribution in [3.05, 3.63) is 29.6 Å². The summed E-state index contributed by atoms with van der Waals surface area (Å²) in [4.78, 5) is 11.0. The molecule has 1 aromatic carbocycles. The number of hydrogen-bond acceptors (Lipinski definition) is 2. The third kappa shape index (κ3) is 2.46. The minimum absolute atomic E-state index is 0.133. The Morgan fingerprint density at radius 2 is 2.07 bits per heavy atom. The number of rotatable bonds is 3. The number of benzene rings is 1. The first-order chi connectivity index (χ1) is 6.93. The molecule has 0 saturated heterocycles. The number of anilines is 1. The van der Waals surface area contributed by atoms with Crippen molar-refractivity contribution in [3.63, 3.8) is 0 Å². The van der Waals surface area contributed by atoms with Crippen molar-refractivity contribution in [1.29, 1.82) is 0 Å². The van der Waals surface area contributed by atoms with Gasteiger partial charge in [-0.15, -0.1) is 0 Å². The minimum Gasteiger partial charge on any atom is -0.481 e. The zero-order valence-corrected chi connectivity index (χ0v) is 8.70. The van der Waals surface area contributed by atoms with Crippen molar-refractivity contribution < 1.29 is 14.3 Å². The van der Waals surface area contributed by atoms with Gasteiger partial charge in [-0.1, -0.05) is 13.8 Å².